The van der Waals surface area contributed by atoms with E-state index in [0.29, 0.717) is 0 Å². The van der Waals surface area contributed by atoms with Gasteiger partial charge >= 0.3 is 0 Å². The molecule has 0 bridgehead atoms. The largest absolute Gasteiger partial charge is 0.497 e. The number of aromatic nitrogens is 2. The van der Waals surface area contributed by atoms with Crippen molar-refractivity contribution in [2.24, 2.45) is 7.05 Å². The van der Waals surface area contributed by atoms with E-state index in [1.807, 2.05) is 24.5 Å². The molecule has 0 unspecified atom stereocenters. The van der Waals surface area contributed by atoms with Gasteiger partial charge in [0.05, 0.1) is 18.3 Å². The molecular formula is C16H16N2O. The zero-order chi connectivity index (χ0) is 13.4. The highest BCUT2D eigenvalue weighted by Gasteiger charge is 2.13. The normalized spacial score (nSPS) is 10.9. The van der Waals surface area contributed by atoms with Crippen LogP contribution >= 0.6 is 0 Å². The van der Waals surface area contributed by atoms with Gasteiger partial charge in [0.25, 0.3) is 0 Å². The molecule has 0 aliphatic heterocycles. The van der Waals surface area contributed by atoms with Crippen molar-refractivity contribution in [3.63, 3.8) is 0 Å². The highest BCUT2D eigenvalue weighted by atomic mass is 16.5. The fourth-order valence-corrected chi connectivity index (χ4v) is 2.63. The molecule has 3 rings (SSSR count). The molecule has 0 saturated heterocycles. The Hall–Kier alpha value is -2.29. The third-order valence-corrected chi connectivity index (χ3v) is 3.62. The number of methoxy groups -OCH3 is 1. The quantitative estimate of drug-likeness (QED) is 0.697. The van der Waals surface area contributed by atoms with E-state index < -0.39 is 0 Å². The first-order valence-electron chi connectivity index (χ1n) is 6.26. The van der Waals surface area contributed by atoms with Crippen molar-refractivity contribution in [3.05, 3.63) is 48.3 Å². The van der Waals surface area contributed by atoms with E-state index >= 15 is 0 Å². The molecule has 0 spiro atoms. The monoisotopic (exact) mass is 252 g/mol. The van der Waals surface area contributed by atoms with Gasteiger partial charge in [0.1, 0.15) is 5.75 Å². The number of hydrogen-bond acceptors (Lipinski definition) is 2. The van der Waals surface area contributed by atoms with Gasteiger partial charge in [0.15, 0.2) is 0 Å². The second-order valence-corrected chi connectivity index (χ2v) is 4.65. The smallest absolute Gasteiger partial charge is 0.118 e. The molecule has 1 aromatic carbocycles. The Morgan fingerprint density at radius 3 is 2.47 bits per heavy atom. The van der Waals surface area contributed by atoms with Gasteiger partial charge in [0, 0.05) is 24.8 Å². The Morgan fingerprint density at radius 2 is 1.84 bits per heavy atom. The van der Waals surface area contributed by atoms with Gasteiger partial charge in [-0.3, -0.25) is 4.98 Å². The molecular weight excluding hydrogens is 236 g/mol. The summed E-state index contributed by atoms with van der Waals surface area (Å²) in [5, 5.41) is 1.20. The number of benzene rings is 1. The van der Waals surface area contributed by atoms with E-state index in [4.69, 9.17) is 4.74 Å². The third-order valence-electron chi connectivity index (χ3n) is 3.62. The van der Waals surface area contributed by atoms with Crippen molar-refractivity contribution in [2.75, 3.05) is 7.11 Å². The molecule has 3 nitrogen and oxygen atoms in total. The molecule has 2 heterocycles. The summed E-state index contributed by atoms with van der Waals surface area (Å²) in [6.07, 6.45) is 3.76. The van der Waals surface area contributed by atoms with Crippen LogP contribution < -0.4 is 4.74 Å². The molecule has 19 heavy (non-hydrogen) atoms. The molecule has 0 N–H and O–H groups in total. The Bertz CT molecular complexity index is 687. The fraction of sp³-hybridized carbons (Fsp3) is 0.188. The van der Waals surface area contributed by atoms with Crippen LogP contribution in [-0.2, 0) is 7.05 Å². The molecule has 0 atom stereocenters. The highest BCUT2D eigenvalue weighted by Crippen LogP contribution is 2.32. The van der Waals surface area contributed by atoms with Gasteiger partial charge in [0.2, 0.25) is 0 Å². The summed E-state index contributed by atoms with van der Waals surface area (Å²) in [6.45, 7) is 2.14. The van der Waals surface area contributed by atoms with Crippen molar-refractivity contribution in [3.8, 4) is 17.0 Å². The first-order valence-corrected chi connectivity index (χ1v) is 6.26. The molecule has 0 amide bonds. The predicted molar refractivity (Wildman–Crippen MR) is 77.4 cm³/mol. The van der Waals surface area contributed by atoms with Gasteiger partial charge in [-0.25, -0.2) is 0 Å². The molecule has 96 valence electrons. The average Bonchev–Trinajstić information content (AvgIpc) is 2.72. The lowest BCUT2D eigenvalue weighted by molar-refractivity contribution is 0.415. The molecule has 0 fully saturated rings. The summed E-state index contributed by atoms with van der Waals surface area (Å²) in [7, 11) is 3.78. The van der Waals surface area contributed by atoms with E-state index in [2.05, 4.69) is 41.7 Å². The maximum Gasteiger partial charge on any atom is 0.118 e. The zero-order valence-electron chi connectivity index (χ0n) is 11.3. The summed E-state index contributed by atoms with van der Waals surface area (Å²) in [6, 6.07) is 10.2. The van der Waals surface area contributed by atoms with Gasteiger partial charge in [-0.15, -0.1) is 0 Å². The Balaban J connectivity index is 2.24. The molecule has 3 heteroatoms. The second-order valence-electron chi connectivity index (χ2n) is 4.65. The molecule has 0 aliphatic rings. The minimum Gasteiger partial charge on any atom is -0.497 e. The van der Waals surface area contributed by atoms with Crippen molar-refractivity contribution in [1.82, 2.24) is 9.55 Å². The van der Waals surface area contributed by atoms with Crippen molar-refractivity contribution < 1.29 is 4.74 Å². The van der Waals surface area contributed by atoms with Gasteiger partial charge < -0.3 is 9.30 Å². The van der Waals surface area contributed by atoms with Crippen molar-refractivity contribution >= 4 is 10.9 Å². The van der Waals surface area contributed by atoms with Crippen LogP contribution in [0.2, 0.25) is 0 Å². The van der Waals surface area contributed by atoms with Crippen LogP contribution in [0.1, 0.15) is 5.56 Å². The number of hydrogen-bond donors (Lipinski definition) is 0. The van der Waals surface area contributed by atoms with Gasteiger partial charge in [-0.05, 0) is 48.4 Å². The Kier molecular flexibility index (Phi) is 2.75. The predicted octanol–water partition coefficient (Wildman–Crippen LogP) is 3.56. The average molecular weight is 252 g/mol. The molecule has 0 saturated carbocycles. The summed E-state index contributed by atoms with van der Waals surface area (Å²) in [5.74, 6) is 0.877. The standard InChI is InChI=1S/C16H16N2O/c1-11-14-10-17-9-8-15(14)18(2)16(11)12-4-6-13(19-3)7-5-12/h4-10H,1-3H3. The molecule has 2 aromatic heterocycles. The number of rotatable bonds is 2. The maximum absolute atomic E-state index is 5.21. The van der Waals surface area contributed by atoms with Gasteiger partial charge in [-0.2, -0.15) is 0 Å². The van der Waals surface area contributed by atoms with Crippen LogP contribution in [0.25, 0.3) is 22.2 Å². The summed E-state index contributed by atoms with van der Waals surface area (Å²) in [4.78, 5) is 4.22. The van der Waals surface area contributed by atoms with Crippen LogP contribution in [0.5, 0.6) is 5.75 Å². The summed E-state index contributed by atoms with van der Waals surface area (Å²) < 4.78 is 7.42. The Morgan fingerprint density at radius 1 is 1.11 bits per heavy atom. The minimum atomic E-state index is 0.877. The number of fused-ring (bicyclic) bond motifs is 1. The molecule has 3 aromatic rings. The van der Waals surface area contributed by atoms with Crippen molar-refractivity contribution in [2.45, 2.75) is 6.92 Å². The van der Waals surface area contributed by atoms with Crippen LogP contribution in [0.3, 0.4) is 0 Å². The van der Waals surface area contributed by atoms with Crippen molar-refractivity contribution in [1.29, 1.82) is 0 Å². The highest BCUT2D eigenvalue weighted by molar-refractivity contribution is 5.90. The first-order chi connectivity index (χ1) is 9.22. The number of nitrogens with zero attached hydrogens (tertiary/aromatic N) is 2. The van der Waals surface area contributed by atoms with E-state index in [0.717, 1.165) is 5.75 Å². The topological polar surface area (TPSA) is 27.1 Å². The number of pyridine rings is 1. The lowest BCUT2D eigenvalue weighted by Crippen LogP contribution is -1.92. The molecule has 0 radical (unpaired) electrons. The zero-order valence-corrected chi connectivity index (χ0v) is 11.3. The number of aryl methyl sites for hydroxylation is 2. The SMILES string of the molecule is COc1ccc(-c2c(C)c3cnccc3n2C)cc1. The lowest BCUT2D eigenvalue weighted by Gasteiger charge is -2.07. The number of ether oxygens (including phenoxy) is 1. The minimum absolute atomic E-state index is 0.877. The van der Waals surface area contributed by atoms with Crippen LogP contribution in [0.15, 0.2) is 42.7 Å². The second kappa shape index (κ2) is 4.43. The summed E-state index contributed by atoms with van der Waals surface area (Å²) >= 11 is 0. The first kappa shape index (κ1) is 11.8. The molecule has 0 aliphatic carbocycles. The summed E-state index contributed by atoms with van der Waals surface area (Å²) in [5.41, 5.74) is 4.89. The maximum atomic E-state index is 5.21. The van der Waals surface area contributed by atoms with Crippen LogP contribution in [-0.4, -0.2) is 16.7 Å². The van der Waals surface area contributed by atoms with E-state index in [-0.39, 0.29) is 0 Å². The fourth-order valence-electron chi connectivity index (χ4n) is 2.63. The van der Waals surface area contributed by atoms with E-state index in [9.17, 15) is 0 Å². The third kappa shape index (κ3) is 1.78. The lowest BCUT2D eigenvalue weighted by atomic mass is 10.1. The Labute approximate surface area is 112 Å². The van der Waals surface area contributed by atoms with E-state index in [1.165, 1.54) is 27.7 Å². The van der Waals surface area contributed by atoms with Crippen LogP contribution in [0.4, 0.5) is 0 Å². The van der Waals surface area contributed by atoms with Crippen LogP contribution in [0, 0.1) is 6.92 Å². The van der Waals surface area contributed by atoms with Gasteiger partial charge in [-0.1, -0.05) is 0 Å². The van der Waals surface area contributed by atoms with E-state index in [1.54, 1.807) is 7.11 Å².